The van der Waals surface area contributed by atoms with Crippen LogP contribution in [-0.2, 0) is 19.9 Å². The maximum Gasteiger partial charge on any atom is 0.549 e. The van der Waals surface area contributed by atoms with E-state index in [-0.39, 0.29) is 19.3 Å². The van der Waals surface area contributed by atoms with Crippen LogP contribution in [0.5, 0.6) is 0 Å². The zero-order chi connectivity index (χ0) is 19.0. The van der Waals surface area contributed by atoms with Crippen molar-refractivity contribution in [3.05, 3.63) is 0 Å². The van der Waals surface area contributed by atoms with Gasteiger partial charge in [-0.3, -0.25) is 0 Å². The van der Waals surface area contributed by atoms with Crippen LogP contribution < -0.4 is 0 Å². The molecular weight excluding hydrogens is 388 g/mol. The smallest absolute Gasteiger partial charge is 0.213 e. The standard InChI is InChI=1S/C11H18F6NO4S2/c1-2-3-4-7-18(24(21,22)11(15,16)17)8-5-6-9(18)23(19,20)10(12,13)14/h9H,2-8H2,1H3/q+1. The third-order valence-electron chi connectivity index (χ3n) is 4.10. The molecule has 1 rings (SSSR count). The number of sulfonamides is 1. The first kappa shape index (κ1) is 21.5. The summed E-state index contributed by atoms with van der Waals surface area (Å²) in [5.41, 5.74) is -11.7. The van der Waals surface area contributed by atoms with Crippen molar-refractivity contribution in [2.45, 2.75) is 55.4 Å². The third-order valence-corrected chi connectivity index (χ3v) is 8.40. The van der Waals surface area contributed by atoms with E-state index in [1.54, 1.807) is 6.92 Å². The monoisotopic (exact) mass is 406 g/mol. The molecular formula is C11H18F6NO4S2+. The summed E-state index contributed by atoms with van der Waals surface area (Å²) in [7, 11) is -12.2. The van der Waals surface area contributed by atoms with Gasteiger partial charge in [-0.1, -0.05) is 13.3 Å². The van der Waals surface area contributed by atoms with Gasteiger partial charge in [0.2, 0.25) is 5.37 Å². The van der Waals surface area contributed by atoms with Crippen LogP contribution in [0.4, 0.5) is 26.3 Å². The highest BCUT2D eigenvalue weighted by Gasteiger charge is 2.70. The van der Waals surface area contributed by atoms with Crippen LogP contribution in [0.1, 0.15) is 39.0 Å². The van der Waals surface area contributed by atoms with E-state index in [0.29, 0.717) is 6.42 Å². The van der Waals surface area contributed by atoms with Crippen LogP contribution in [0.3, 0.4) is 0 Å². The fraction of sp³-hybridized carbons (Fsp3) is 1.00. The number of sulfone groups is 1. The van der Waals surface area contributed by atoms with Crippen LogP contribution in [0.15, 0.2) is 0 Å². The normalized spacial score (nSPS) is 26.7. The zero-order valence-electron chi connectivity index (χ0n) is 12.7. The van der Waals surface area contributed by atoms with E-state index in [2.05, 4.69) is 0 Å². The number of hydrogen-bond acceptors (Lipinski definition) is 4. The molecule has 5 nitrogen and oxygen atoms in total. The highest BCUT2D eigenvalue weighted by Crippen LogP contribution is 2.45. The predicted molar refractivity (Wildman–Crippen MR) is 72.5 cm³/mol. The summed E-state index contributed by atoms with van der Waals surface area (Å²) in [5.74, 6) is 0. The Morgan fingerprint density at radius 2 is 1.50 bits per heavy atom. The third kappa shape index (κ3) is 3.39. The Morgan fingerprint density at radius 3 is 1.92 bits per heavy atom. The summed E-state index contributed by atoms with van der Waals surface area (Å²) in [4.78, 5) is 0. The van der Waals surface area contributed by atoms with E-state index in [1.807, 2.05) is 0 Å². The zero-order valence-corrected chi connectivity index (χ0v) is 14.3. The fourth-order valence-electron chi connectivity index (χ4n) is 2.96. The molecule has 2 atom stereocenters. The van der Waals surface area contributed by atoms with Gasteiger partial charge in [0.1, 0.15) is 0 Å². The van der Waals surface area contributed by atoms with E-state index in [9.17, 15) is 43.2 Å². The molecule has 24 heavy (non-hydrogen) atoms. The van der Waals surface area contributed by atoms with Gasteiger partial charge in [0.15, 0.2) is 0 Å². The number of halogens is 6. The topological polar surface area (TPSA) is 68.3 Å². The number of rotatable bonds is 6. The molecule has 0 aliphatic carbocycles. The van der Waals surface area contributed by atoms with Crippen LogP contribution in [0.2, 0.25) is 0 Å². The molecule has 13 heteroatoms. The first-order valence-corrected chi connectivity index (χ1v) is 10.1. The Morgan fingerprint density at radius 1 is 0.958 bits per heavy atom. The lowest BCUT2D eigenvalue weighted by Crippen LogP contribution is -2.63. The van der Waals surface area contributed by atoms with Gasteiger partial charge < -0.3 is 0 Å². The molecule has 0 bridgehead atoms. The van der Waals surface area contributed by atoms with Gasteiger partial charge in [0.25, 0.3) is 0 Å². The molecule has 1 aliphatic rings. The molecule has 1 saturated heterocycles. The van der Waals surface area contributed by atoms with E-state index in [4.69, 9.17) is 0 Å². The summed E-state index contributed by atoms with van der Waals surface area (Å²) >= 11 is 0. The number of quaternary nitrogens is 1. The van der Waals surface area contributed by atoms with Crippen molar-refractivity contribution < 1.29 is 47.1 Å². The molecule has 0 aromatic heterocycles. The SMILES string of the molecule is CCCCC[N+]1(S(=O)(=O)C(F)(F)F)CCCC1S(=O)(=O)C(F)(F)F. The van der Waals surface area contributed by atoms with Gasteiger partial charge in [-0.05, 0) is 12.8 Å². The Labute approximate surface area is 136 Å². The molecule has 0 aromatic rings. The fourth-order valence-corrected chi connectivity index (χ4v) is 6.71. The average Bonchev–Trinajstić information content (AvgIpc) is 2.82. The van der Waals surface area contributed by atoms with E-state index < -0.39 is 59.6 Å². The summed E-state index contributed by atoms with van der Waals surface area (Å²) in [6.07, 6.45) is -0.532. The Kier molecular flexibility index (Phi) is 5.94. The van der Waals surface area contributed by atoms with Crippen LogP contribution in [-0.4, -0.2) is 50.2 Å². The van der Waals surface area contributed by atoms with Gasteiger partial charge in [-0.2, -0.15) is 38.6 Å². The number of likely N-dealkylation sites (tertiary alicyclic amines) is 1. The van der Waals surface area contributed by atoms with Crippen molar-refractivity contribution in [2.24, 2.45) is 0 Å². The summed E-state index contributed by atoms with van der Waals surface area (Å²) < 4.78 is 123. The molecule has 0 saturated carbocycles. The van der Waals surface area contributed by atoms with Crippen molar-refractivity contribution in [2.75, 3.05) is 13.1 Å². The minimum absolute atomic E-state index is 0.129. The van der Waals surface area contributed by atoms with Gasteiger partial charge in [-0.25, -0.2) is 8.42 Å². The molecule has 2 unspecified atom stereocenters. The molecule has 144 valence electrons. The Bertz CT molecular complexity index is 655. The lowest BCUT2D eigenvalue weighted by Gasteiger charge is -2.38. The molecule has 0 radical (unpaired) electrons. The maximum absolute atomic E-state index is 13.0. The lowest BCUT2D eigenvalue weighted by molar-refractivity contribution is -0.807. The van der Waals surface area contributed by atoms with Crippen LogP contribution in [0.25, 0.3) is 0 Å². The summed E-state index contributed by atoms with van der Waals surface area (Å²) in [5, 5.41) is -2.69. The van der Waals surface area contributed by atoms with Crippen molar-refractivity contribution in [3.8, 4) is 0 Å². The average molecular weight is 406 g/mol. The number of unbranched alkanes of at least 4 members (excludes halogenated alkanes) is 2. The quantitative estimate of drug-likeness (QED) is 0.387. The molecule has 1 aliphatic heterocycles. The van der Waals surface area contributed by atoms with Crippen molar-refractivity contribution >= 4 is 19.9 Å². The molecule has 0 amide bonds. The van der Waals surface area contributed by atoms with E-state index >= 15 is 0 Å². The number of nitrogens with zero attached hydrogens (tertiary/aromatic N) is 1. The highest BCUT2D eigenvalue weighted by atomic mass is 32.2. The predicted octanol–water partition coefficient (Wildman–Crippen LogP) is 2.90. The highest BCUT2D eigenvalue weighted by molar-refractivity contribution is 7.93. The second-order valence-electron chi connectivity index (χ2n) is 5.62. The number of alkyl halides is 6. The van der Waals surface area contributed by atoms with Gasteiger partial charge in [0, 0.05) is 12.8 Å². The van der Waals surface area contributed by atoms with Gasteiger partial charge >= 0.3 is 30.9 Å². The van der Waals surface area contributed by atoms with Crippen molar-refractivity contribution in [3.63, 3.8) is 0 Å². The first-order valence-electron chi connectivity index (χ1n) is 7.13. The van der Waals surface area contributed by atoms with Crippen LogP contribution >= 0.6 is 0 Å². The van der Waals surface area contributed by atoms with E-state index in [1.165, 1.54) is 0 Å². The van der Waals surface area contributed by atoms with Crippen molar-refractivity contribution in [1.29, 1.82) is 0 Å². The molecule has 0 N–H and O–H groups in total. The van der Waals surface area contributed by atoms with Crippen molar-refractivity contribution in [1.82, 2.24) is 0 Å². The molecule has 1 heterocycles. The van der Waals surface area contributed by atoms with E-state index in [0.717, 1.165) is 0 Å². The minimum atomic E-state index is -6.15. The summed E-state index contributed by atoms with van der Waals surface area (Å²) in [6.45, 7) is 0.0255. The first-order chi connectivity index (χ1) is 10.6. The minimum Gasteiger partial charge on any atom is -0.213 e. The second kappa shape index (κ2) is 6.63. The van der Waals surface area contributed by atoms with Crippen LogP contribution in [0, 0.1) is 0 Å². The summed E-state index contributed by atoms with van der Waals surface area (Å²) in [6, 6.07) is 0. The maximum atomic E-state index is 13.0. The molecule has 1 fully saturated rings. The van der Waals surface area contributed by atoms with Gasteiger partial charge in [-0.15, -0.1) is 0 Å². The number of hydrogen-bond donors (Lipinski definition) is 0. The second-order valence-corrected chi connectivity index (χ2v) is 9.85. The molecule has 0 aromatic carbocycles. The largest absolute Gasteiger partial charge is 0.549 e. The lowest BCUT2D eigenvalue weighted by atomic mass is 10.2. The Hall–Kier alpha value is -0.560. The molecule has 0 spiro atoms. The Balaban J connectivity index is 3.54. The van der Waals surface area contributed by atoms with Gasteiger partial charge in [0.05, 0.1) is 13.1 Å².